The number of nitrogens with one attached hydrogen (secondary N) is 1. The van der Waals surface area contributed by atoms with Gasteiger partial charge in [0.1, 0.15) is 0 Å². The summed E-state index contributed by atoms with van der Waals surface area (Å²) in [6, 6.07) is 6.50. The van der Waals surface area contributed by atoms with Crippen molar-refractivity contribution in [3.63, 3.8) is 0 Å². The molecule has 0 saturated heterocycles. The van der Waals surface area contributed by atoms with Crippen molar-refractivity contribution in [3.8, 4) is 0 Å². The first-order chi connectivity index (χ1) is 7.86. The second-order valence-corrected chi connectivity index (χ2v) is 6.19. The van der Waals surface area contributed by atoms with E-state index in [1.807, 2.05) is 6.07 Å². The zero-order chi connectivity index (χ0) is 13.1. The Bertz CT molecular complexity index is 366. The van der Waals surface area contributed by atoms with Crippen LogP contribution in [0.5, 0.6) is 0 Å². The Morgan fingerprint density at radius 2 is 1.94 bits per heavy atom. The number of benzene rings is 1. The van der Waals surface area contributed by atoms with Gasteiger partial charge in [-0.05, 0) is 48.6 Å². The van der Waals surface area contributed by atoms with Gasteiger partial charge in [-0.3, -0.25) is 0 Å². The topological polar surface area (TPSA) is 12.0 Å². The van der Waals surface area contributed by atoms with Crippen LogP contribution >= 0.6 is 11.6 Å². The van der Waals surface area contributed by atoms with Gasteiger partial charge < -0.3 is 5.32 Å². The summed E-state index contributed by atoms with van der Waals surface area (Å²) in [7, 11) is 0. The monoisotopic (exact) mass is 253 g/mol. The van der Waals surface area contributed by atoms with E-state index in [-0.39, 0.29) is 5.41 Å². The van der Waals surface area contributed by atoms with Crippen molar-refractivity contribution in [1.29, 1.82) is 0 Å². The van der Waals surface area contributed by atoms with Gasteiger partial charge in [0.2, 0.25) is 0 Å². The molecule has 1 unspecified atom stereocenters. The van der Waals surface area contributed by atoms with Gasteiger partial charge in [-0.15, -0.1) is 0 Å². The molecule has 1 rings (SSSR count). The molecule has 17 heavy (non-hydrogen) atoms. The number of rotatable bonds is 4. The summed E-state index contributed by atoms with van der Waals surface area (Å²) in [5, 5.41) is 4.45. The van der Waals surface area contributed by atoms with Crippen LogP contribution in [-0.4, -0.2) is 6.54 Å². The van der Waals surface area contributed by atoms with Crippen molar-refractivity contribution >= 4 is 11.6 Å². The third kappa shape index (κ3) is 4.01. The van der Waals surface area contributed by atoms with E-state index in [9.17, 15) is 0 Å². The summed E-state index contributed by atoms with van der Waals surface area (Å²) in [6.07, 6.45) is 1.15. The summed E-state index contributed by atoms with van der Waals surface area (Å²) in [5.41, 5.74) is 2.81. The molecule has 0 radical (unpaired) electrons. The molecule has 0 saturated carbocycles. The molecule has 0 aliphatic heterocycles. The molecule has 0 fully saturated rings. The Kier molecular flexibility index (Phi) is 5.03. The molecule has 0 heterocycles. The summed E-state index contributed by atoms with van der Waals surface area (Å²) >= 11 is 6.12. The lowest BCUT2D eigenvalue weighted by Gasteiger charge is -2.33. The largest absolute Gasteiger partial charge is 0.309 e. The van der Waals surface area contributed by atoms with E-state index < -0.39 is 0 Å². The van der Waals surface area contributed by atoms with Gasteiger partial charge in [-0.1, -0.05) is 45.4 Å². The van der Waals surface area contributed by atoms with Crippen LogP contribution in [0.15, 0.2) is 18.2 Å². The molecule has 2 heteroatoms. The van der Waals surface area contributed by atoms with Crippen molar-refractivity contribution in [1.82, 2.24) is 5.32 Å². The van der Waals surface area contributed by atoms with Gasteiger partial charge in [0.25, 0.3) is 0 Å². The molecule has 1 nitrogen and oxygen atoms in total. The summed E-state index contributed by atoms with van der Waals surface area (Å²) < 4.78 is 0. The lowest BCUT2D eigenvalue weighted by Crippen LogP contribution is -2.33. The predicted octanol–water partition coefficient (Wildman–Crippen LogP) is 4.74. The van der Waals surface area contributed by atoms with Crippen molar-refractivity contribution in [2.75, 3.05) is 6.54 Å². The van der Waals surface area contributed by atoms with E-state index in [2.05, 4.69) is 52.1 Å². The maximum absolute atomic E-state index is 6.12. The molecule has 0 aromatic heterocycles. The van der Waals surface area contributed by atoms with Crippen molar-refractivity contribution in [2.24, 2.45) is 5.41 Å². The van der Waals surface area contributed by atoms with Crippen LogP contribution in [0.3, 0.4) is 0 Å². The molecular weight excluding hydrogens is 230 g/mol. The Labute approximate surface area is 111 Å². The van der Waals surface area contributed by atoms with Gasteiger partial charge in [0.05, 0.1) is 0 Å². The first kappa shape index (κ1) is 14.5. The fourth-order valence-corrected chi connectivity index (χ4v) is 2.27. The molecule has 96 valence electrons. The van der Waals surface area contributed by atoms with Crippen LogP contribution in [0.1, 0.15) is 51.3 Å². The molecular formula is C15H24ClN. The molecule has 1 atom stereocenters. The van der Waals surface area contributed by atoms with E-state index in [1.165, 1.54) is 11.1 Å². The maximum atomic E-state index is 6.12. The van der Waals surface area contributed by atoms with E-state index in [1.54, 1.807) is 0 Å². The number of hydrogen-bond acceptors (Lipinski definition) is 1. The van der Waals surface area contributed by atoms with Crippen LogP contribution in [-0.2, 0) is 0 Å². The fourth-order valence-electron chi connectivity index (χ4n) is 2.09. The Morgan fingerprint density at radius 3 is 2.47 bits per heavy atom. The molecule has 1 aromatic carbocycles. The average Bonchev–Trinajstić information content (AvgIpc) is 2.21. The minimum atomic E-state index is 0.185. The van der Waals surface area contributed by atoms with Crippen molar-refractivity contribution in [3.05, 3.63) is 34.3 Å². The molecule has 0 bridgehead atoms. The Balaban J connectivity index is 3.08. The SMILES string of the molecule is CCCNC(c1cc(Cl)ccc1C)C(C)(C)C. The highest BCUT2D eigenvalue weighted by molar-refractivity contribution is 6.30. The molecule has 0 aliphatic carbocycles. The third-order valence-corrected chi connectivity index (χ3v) is 3.25. The normalized spacial score (nSPS) is 13.8. The van der Waals surface area contributed by atoms with E-state index in [0.29, 0.717) is 6.04 Å². The van der Waals surface area contributed by atoms with Crippen LogP contribution in [0.2, 0.25) is 5.02 Å². The lowest BCUT2D eigenvalue weighted by molar-refractivity contribution is 0.272. The molecule has 0 amide bonds. The van der Waals surface area contributed by atoms with E-state index in [4.69, 9.17) is 11.6 Å². The van der Waals surface area contributed by atoms with Crippen LogP contribution < -0.4 is 5.32 Å². The summed E-state index contributed by atoms with van der Waals surface area (Å²) in [5.74, 6) is 0. The van der Waals surface area contributed by atoms with Gasteiger partial charge in [-0.25, -0.2) is 0 Å². The molecule has 1 N–H and O–H groups in total. The van der Waals surface area contributed by atoms with Gasteiger partial charge >= 0.3 is 0 Å². The van der Waals surface area contributed by atoms with Gasteiger partial charge in [-0.2, -0.15) is 0 Å². The predicted molar refractivity (Wildman–Crippen MR) is 76.7 cm³/mol. The second-order valence-electron chi connectivity index (χ2n) is 5.75. The highest BCUT2D eigenvalue weighted by Gasteiger charge is 2.26. The van der Waals surface area contributed by atoms with E-state index >= 15 is 0 Å². The second kappa shape index (κ2) is 5.88. The first-order valence-corrected chi connectivity index (χ1v) is 6.73. The lowest BCUT2D eigenvalue weighted by atomic mass is 9.81. The van der Waals surface area contributed by atoms with Gasteiger partial charge in [0, 0.05) is 11.1 Å². The smallest absolute Gasteiger partial charge is 0.0409 e. The highest BCUT2D eigenvalue weighted by atomic mass is 35.5. The first-order valence-electron chi connectivity index (χ1n) is 6.35. The van der Waals surface area contributed by atoms with Crippen LogP contribution in [0.25, 0.3) is 0 Å². The number of halogens is 1. The minimum Gasteiger partial charge on any atom is -0.309 e. The van der Waals surface area contributed by atoms with Gasteiger partial charge in [0.15, 0.2) is 0 Å². The standard InChI is InChI=1S/C15H24ClN/c1-6-9-17-14(15(3,4)5)13-10-12(16)8-7-11(13)2/h7-8,10,14,17H,6,9H2,1-5H3. The molecule has 0 spiro atoms. The maximum Gasteiger partial charge on any atom is 0.0409 e. The average molecular weight is 254 g/mol. The van der Waals surface area contributed by atoms with Crippen molar-refractivity contribution < 1.29 is 0 Å². The van der Waals surface area contributed by atoms with Crippen molar-refractivity contribution in [2.45, 2.75) is 47.1 Å². The fraction of sp³-hybridized carbons (Fsp3) is 0.600. The van der Waals surface area contributed by atoms with Crippen LogP contribution in [0.4, 0.5) is 0 Å². The Morgan fingerprint density at radius 1 is 1.29 bits per heavy atom. The highest BCUT2D eigenvalue weighted by Crippen LogP contribution is 2.35. The number of hydrogen-bond donors (Lipinski definition) is 1. The minimum absolute atomic E-state index is 0.185. The zero-order valence-electron chi connectivity index (χ0n) is 11.6. The Hall–Kier alpha value is -0.530. The third-order valence-electron chi connectivity index (χ3n) is 3.02. The van der Waals surface area contributed by atoms with Crippen LogP contribution in [0, 0.1) is 12.3 Å². The summed E-state index contributed by atoms with van der Waals surface area (Å²) in [4.78, 5) is 0. The molecule has 0 aliphatic rings. The molecule has 1 aromatic rings. The summed E-state index contributed by atoms with van der Waals surface area (Å²) in [6.45, 7) is 12.2. The number of aryl methyl sites for hydroxylation is 1. The quantitative estimate of drug-likeness (QED) is 0.818. The van der Waals surface area contributed by atoms with E-state index in [0.717, 1.165) is 18.0 Å². The zero-order valence-corrected chi connectivity index (χ0v) is 12.4.